The standard InChI is InChI=1S/C27H35N7O3/c1-16(2)10-20-23-24(34-14-19(36-6)12-27(34,4)25(35)32(23)5)31-26(30-20)29-18-8-9-21(22(11-18)37-7)33-13-17(3)28-15-33/h8-9,11,13,15-16,19H,10,12,14H2,1-7H3,(H,29,30,31)/t19?,27-/m1/s1. The van der Waals surface area contributed by atoms with Crippen LogP contribution in [0.5, 0.6) is 5.75 Å². The normalized spacial score (nSPS) is 20.9. The van der Waals surface area contributed by atoms with Gasteiger partial charge in [-0.1, -0.05) is 13.8 Å². The third-order valence-electron chi connectivity index (χ3n) is 7.26. The summed E-state index contributed by atoms with van der Waals surface area (Å²) in [6.45, 7) is 8.83. The number of carbonyl (C=O) groups is 1. The second-order valence-electron chi connectivity index (χ2n) is 10.5. The van der Waals surface area contributed by atoms with E-state index in [1.807, 2.05) is 49.9 Å². The van der Waals surface area contributed by atoms with E-state index in [-0.39, 0.29) is 12.0 Å². The summed E-state index contributed by atoms with van der Waals surface area (Å²) in [5.41, 5.74) is 3.53. The zero-order valence-corrected chi connectivity index (χ0v) is 22.6. The SMILES string of the molecule is COc1cc(Nc2nc(CC(C)C)c3c(n2)N2CC(OC)C[C@]2(C)C(=O)N3C)ccc1-n1cnc(C)c1. The lowest BCUT2D eigenvalue weighted by atomic mass is 9.92. The molecule has 5 rings (SSSR count). The quantitative estimate of drug-likeness (QED) is 0.517. The second kappa shape index (κ2) is 9.33. The number of hydrogen-bond donors (Lipinski definition) is 1. The lowest BCUT2D eigenvalue weighted by molar-refractivity contribution is -0.123. The molecule has 0 bridgehead atoms. The van der Waals surface area contributed by atoms with Gasteiger partial charge in [-0.05, 0) is 38.3 Å². The number of aromatic nitrogens is 4. The van der Waals surface area contributed by atoms with Crippen molar-refractivity contribution in [3.8, 4) is 11.4 Å². The average molecular weight is 506 g/mol. The van der Waals surface area contributed by atoms with Gasteiger partial charge < -0.3 is 29.2 Å². The Hall–Kier alpha value is -3.66. The van der Waals surface area contributed by atoms with Crippen LogP contribution in [-0.4, -0.2) is 64.9 Å². The summed E-state index contributed by atoms with van der Waals surface area (Å²) in [7, 11) is 5.17. The first-order valence-corrected chi connectivity index (χ1v) is 12.6. The molecule has 1 saturated heterocycles. The summed E-state index contributed by atoms with van der Waals surface area (Å²) >= 11 is 0. The van der Waals surface area contributed by atoms with E-state index < -0.39 is 5.54 Å². The lowest BCUT2D eigenvalue weighted by Crippen LogP contribution is -2.58. The van der Waals surface area contributed by atoms with Crippen molar-refractivity contribution in [1.82, 2.24) is 19.5 Å². The monoisotopic (exact) mass is 505 g/mol. The summed E-state index contributed by atoms with van der Waals surface area (Å²) in [5, 5.41) is 3.38. The van der Waals surface area contributed by atoms with Gasteiger partial charge in [0.2, 0.25) is 5.95 Å². The van der Waals surface area contributed by atoms with Crippen LogP contribution in [0.4, 0.5) is 23.1 Å². The van der Waals surface area contributed by atoms with Gasteiger partial charge in [0.05, 0.1) is 36.6 Å². The molecule has 196 valence electrons. The van der Waals surface area contributed by atoms with Crippen molar-refractivity contribution in [2.45, 2.75) is 52.2 Å². The predicted octanol–water partition coefficient (Wildman–Crippen LogP) is 3.88. The topological polar surface area (TPSA) is 97.6 Å². The van der Waals surface area contributed by atoms with Gasteiger partial charge in [0, 0.05) is 45.1 Å². The van der Waals surface area contributed by atoms with Crippen LogP contribution in [0.15, 0.2) is 30.7 Å². The maximum atomic E-state index is 13.5. The van der Waals surface area contributed by atoms with Gasteiger partial charge in [-0.2, -0.15) is 4.98 Å². The number of anilines is 4. The van der Waals surface area contributed by atoms with Crippen LogP contribution in [0.25, 0.3) is 5.69 Å². The second-order valence-corrected chi connectivity index (χ2v) is 10.5. The first kappa shape index (κ1) is 25.0. The minimum Gasteiger partial charge on any atom is -0.494 e. The highest BCUT2D eigenvalue weighted by Gasteiger charge is 2.54. The fourth-order valence-electron chi connectivity index (χ4n) is 5.42. The van der Waals surface area contributed by atoms with Crippen molar-refractivity contribution in [2.24, 2.45) is 5.92 Å². The van der Waals surface area contributed by atoms with Gasteiger partial charge in [0.1, 0.15) is 17.0 Å². The van der Waals surface area contributed by atoms with Crippen molar-refractivity contribution in [1.29, 1.82) is 0 Å². The molecule has 37 heavy (non-hydrogen) atoms. The number of rotatable bonds is 7. The van der Waals surface area contributed by atoms with Crippen LogP contribution in [0.2, 0.25) is 0 Å². The maximum Gasteiger partial charge on any atom is 0.252 e. The van der Waals surface area contributed by atoms with Gasteiger partial charge >= 0.3 is 0 Å². The fraction of sp³-hybridized carbons (Fsp3) is 0.481. The Morgan fingerprint density at radius 3 is 2.68 bits per heavy atom. The number of nitrogens with one attached hydrogen (secondary N) is 1. The number of aryl methyl sites for hydroxylation is 1. The third kappa shape index (κ3) is 4.29. The third-order valence-corrected chi connectivity index (χ3v) is 7.26. The molecule has 1 amide bonds. The van der Waals surface area contributed by atoms with Crippen molar-refractivity contribution in [2.75, 3.05) is 42.9 Å². The highest BCUT2D eigenvalue weighted by molar-refractivity contribution is 6.08. The van der Waals surface area contributed by atoms with Crippen LogP contribution in [0, 0.1) is 12.8 Å². The molecule has 10 heteroatoms. The summed E-state index contributed by atoms with van der Waals surface area (Å²) in [4.78, 5) is 31.5. The Labute approximate surface area is 217 Å². The molecule has 0 aliphatic carbocycles. The van der Waals surface area contributed by atoms with Crippen molar-refractivity contribution < 1.29 is 14.3 Å². The number of amides is 1. The maximum absolute atomic E-state index is 13.5. The molecule has 0 spiro atoms. The molecule has 0 radical (unpaired) electrons. The number of hydrogen-bond acceptors (Lipinski definition) is 8. The van der Waals surface area contributed by atoms with Crippen LogP contribution in [0.3, 0.4) is 0 Å². The van der Waals surface area contributed by atoms with Crippen LogP contribution in [-0.2, 0) is 16.0 Å². The summed E-state index contributed by atoms with van der Waals surface area (Å²) in [6.07, 6.45) is 5.01. The molecular formula is C27H35N7O3. The van der Waals surface area contributed by atoms with Crippen LogP contribution >= 0.6 is 0 Å². The van der Waals surface area contributed by atoms with E-state index in [0.717, 1.165) is 40.7 Å². The van der Waals surface area contributed by atoms with Gasteiger partial charge in [-0.3, -0.25) is 4.79 Å². The van der Waals surface area contributed by atoms with E-state index in [1.54, 1.807) is 25.4 Å². The highest BCUT2D eigenvalue weighted by atomic mass is 16.5. The van der Waals surface area contributed by atoms with Crippen LogP contribution < -0.4 is 19.9 Å². The number of imidazole rings is 1. The lowest BCUT2D eigenvalue weighted by Gasteiger charge is -2.44. The Morgan fingerprint density at radius 1 is 1.24 bits per heavy atom. The van der Waals surface area contributed by atoms with E-state index in [4.69, 9.17) is 19.4 Å². The number of carbonyl (C=O) groups excluding carboxylic acids is 1. The molecule has 10 nitrogen and oxygen atoms in total. The number of benzene rings is 1. The predicted molar refractivity (Wildman–Crippen MR) is 143 cm³/mol. The van der Waals surface area contributed by atoms with Gasteiger partial charge in [-0.15, -0.1) is 0 Å². The number of nitrogens with zero attached hydrogens (tertiary/aromatic N) is 6. The highest BCUT2D eigenvalue weighted by Crippen LogP contribution is 2.46. The van der Waals surface area contributed by atoms with E-state index in [1.165, 1.54) is 0 Å². The molecular weight excluding hydrogens is 470 g/mol. The van der Waals surface area contributed by atoms with Crippen molar-refractivity contribution in [3.05, 3.63) is 42.1 Å². The Balaban J connectivity index is 1.56. The molecule has 1 aromatic carbocycles. The molecule has 4 heterocycles. The fourth-order valence-corrected chi connectivity index (χ4v) is 5.42. The summed E-state index contributed by atoms with van der Waals surface area (Å²) in [6, 6.07) is 5.86. The number of ether oxygens (including phenoxy) is 2. The minimum atomic E-state index is -0.711. The molecule has 1 fully saturated rings. The minimum absolute atomic E-state index is 0.0446. The Kier molecular flexibility index (Phi) is 6.31. The molecule has 2 aliphatic heterocycles. The van der Waals surface area contributed by atoms with Gasteiger partial charge in [0.25, 0.3) is 5.91 Å². The summed E-state index contributed by atoms with van der Waals surface area (Å²) in [5.74, 6) is 2.34. The van der Waals surface area contributed by atoms with E-state index in [0.29, 0.717) is 30.6 Å². The summed E-state index contributed by atoms with van der Waals surface area (Å²) < 4.78 is 13.3. The van der Waals surface area contributed by atoms with Gasteiger partial charge in [0.15, 0.2) is 5.82 Å². The van der Waals surface area contributed by atoms with Crippen LogP contribution in [0.1, 0.15) is 38.6 Å². The molecule has 2 aromatic heterocycles. The Bertz CT molecular complexity index is 1340. The number of methoxy groups -OCH3 is 2. The first-order chi connectivity index (χ1) is 17.6. The zero-order chi connectivity index (χ0) is 26.5. The first-order valence-electron chi connectivity index (χ1n) is 12.6. The number of likely N-dealkylation sites (N-methyl/N-ethyl adjacent to an activating group) is 1. The molecule has 1 N–H and O–H groups in total. The van der Waals surface area contributed by atoms with Crippen molar-refractivity contribution in [3.63, 3.8) is 0 Å². The van der Waals surface area contributed by atoms with E-state index in [2.05, 4.69) is 29.0 Å². The largest absolute Gasteiger partial charge is 0.494 e. The van der Waals surface area contributed by atoms with Crippen molar-refractivity contribution >= 4 is 29.0 Å². The zero-order valence-electron chi connectivity index (χ0n) is 22.6. The van der Waals surface area contributed by atoms with E-state index in [9.17, 15) is 4.79 Å². The average Bonchev–Trinajstić information content (AvgIpc) is 3.45. The molecule has 2 aliphatic rings. The van der Waals surface area contributed by atoms with E-state index >= 15 is 0 Å². The molecule has 0 saturated carbocycles. The van der Waals surface area contributed by atoms with Gasteiger partial charge in [-0.25, -0.2) is 9.97 Å². The molecule has 1 unspecified atom stereocenters. The Morgan fingerprint density at radius 2 is 2.03 bits per heavy atom. The molecule has 3 aromatic rings. The number of fused-ring (bicyclic) bond motifs is 3. The molecule has 2 atom stereocenters. The smallest absolute Gasteiger partial charge is 0.252 e.